The van der Waals surface area contributed by atoms with E-state index < -0.39 is 0 Å². The second-order valence-electron chi connectivity index (χ2n) is 5.18. The molecule has 80 valence electrons. The van der Waals surface area contributed by atoms with Crippen LogP contribution in [0.1, 0.15) is 48.4 Å². The maximum atomic E-state index is 3.46. The third-order valence-corrected chi connectivity index (χ3v) is 3.98. The van der Waals surface area contributed by atoms with Crippen LogP contribution in [0.4, 0.5) is 0 Å². The van der Waals surface area contributed by atoms with Crippen molar-refractivity contribution in [3.63, 3.8) is 0 Å². The first kappa shape index (κ1) is 9.41. The molecule has 2 aliphatic carbocycles. The van der Waals surface area contributed by atoms with Crippen molar-refractivity contribution in [2.75, 3.05) is 7.05 Å². The number of hydrogen-bond donors (Lipinski definition) is 1. The van der Waals surface area contributed by atoms with Gasteiger partial charge in [-0.2, -0.15) is 0 Å². The predicted octanol–water partition coefficient (Wildman–Crippen LogP) is 3.02. The van der Waals surface area contributed by atoms with E-state index in [1.54, 1.807) is 16.7 Å². The largest absolute Gasteiger partial charge is 0.313 e. The molecule has 1 saturated carbocycles. The van der Waals surface area contributed by atoms with Crippen LogP contribution in [0.2, 0.25) is 0 Å². The molecule has 3 rings (SSSR count). The Morgan fingerprint density at radius 2 is 2.07 bits per heavy atom. The topological polar surface area (TPSA) is 12.0 Å². The smallest absolute Gasteiger partial charge is 0.0349 e. The fraction of sp³-hybridized carbons (Fsp3) is 0.571. The summed E-state index contributed by atoms with van der Waals surface area (Å²) in [7, 11) is 2.08. The van der Waals surface area contributed by atoms with E-state index >= 15 is 0 Å². The zero-order valence-corrected chi connectivity index (χ0v) is 9.59. The maximum Gasteiger partial charge on any atom is 0.0349 e. The van der Waals surface area contributed by atoms with Gasteiger partial charge in [-0.15, -0.1) is 0 Å². The summed E-state index contributed by atoms with van der Waals surface area (Å²) in [4.78, 5) is 0. The van der Waals surface area contributed by atoms with Crippen molar-refractivity contribution in [1.29, 1.82) is 0 Å². The molecular weight excluding hydrogens is 182 g/mol. The van der Waals surface area contributed by atoms with E-state index in [1.165, 1.54) is 19.3 Å². The maximum absolute atomic E-state index is 3.46. The highest BCUT2D eigenvalue weighted by molar-refractivity contribution is 5.41. The fourth-order valence-corrected chi connectivity index (χ4v) is 2.97. The quantitative estimate of drug-likeness (QED) is 0.775. The third-order valence-electron chi connectivity index (χ3n) is 3.98. The normalized spacial score (nSPS) is 29.2. The minimum Gasteiger partial charge on any atom is -0.313 e. The van der Waals surface area contributed by atoms with Gasteiger partial charge in [0.25, 0.3) is 0 Å². The molecule has 2 unspecified atom stereocenters. The highest BCUT2D eigenvalue weighted by atomic mass is 14.9. The molecule has 0 aliphatic heterocycles. The summed E-state index contributed by atoms with van der Waals surface area (Å²) in [6.45, 7) is 2.35. The molecule has 0 radical (unpaired) electrons. The van der Waals surface area contributed by atoms with Crippen molar-refractivity contribution in [2.45, 2.75) is 38.1 Å². The van der Waals surface area contributed by atoms with Gasteiger partial charge in [0.1, 0.15) is 0 Å². The number of rotatable bonds is 2. The molecule has 1 nitrogen and oxygen atoms in total. The molecular formula is C14H19N. The van der Waals surface area contributed by atoms with Crippen LogP contribution in [0.15, 0.2) is 18.2 Å². The van der Waals surface area contributed by atoms with Crippen molar-refractivity contribution >= 4 is 0 Å². The average Bonchev–Trinajstić information content (AvgIpc) is 3.01. The highest BCUT2D eigenvalue weighted by Crippen LogP contribution is 2.43. The second-order valence-corrected chi connectivity index (χ2v) is 5.18. The van der Waals surface area contributed by atoms with Gasteiger partial charge in [0, 0.05) is 6.04 Å². The lowest BCUT2D eigenvalue weighted by molar-refractivity contribution is 0.446. The molecule has 1 N–H and O–H groups in total. The van der Waals surface area contributed by atoms with Gasteiger partial charge in [0.05, 0.1) is 0 Å². The van der Waals surface area contributed by atoms with E-state index in [0.717, 1.165) is 11.8 Å². The minimum absolute atomic E-state index is 0.582. The summed E-state index contributed by atoms with van der Waals surface area (Å²) in [5.41, 5.74) is 4.70. The first-order chi connectivity index (χ1) is 7.29. The van der Waals surface area contributed by atoms with E-state index in [-0.39, 0.29) is 0 Å². The fourth-order valence-electron chi connectivity index (χ4n) is 2.97. The van der Waals surface area contributed by atoms with E-state index in [0.29, 0.717) is 6.04 Å². The molecule has 0 bridgehead atoms. The third kappa shape index (κ3) is 1.50. The van der Waals surface area contributed by atoms with Crippen LogP contribution >= 0.6 is 0 Å². The molecule has 0 amide bonds. The molecule has 0 aromatic heterocycles. The van der Waals surface area contributed by atoms with Crippen LogP contribution in [-0.2, 0) is 6.42 Å². The van der Waals surface area contributed by atoms with Gasteiger partial charge in [0.2, 0.25) is 0 Å². The Labute approximate surface area is 91.9 Å². The van der Waals surface area contributed by atoms with Crippen LogP contribution in [0.3, 0.4) is 0 Å². The number of fused-ring (bicyclic) bond motifs is 1. The molecule has 1 fully saturated rings. The summed E-state index contributed by atoms with van der Waals surface area (Å²) in [6, 6.07) is 7.74. The van der Waals surface area contributed by atoms with Crippen molar-refractivity contribution < 1.29 is 0 Å². The molecule has 1 aromatic carbocycles. The Kier molecular flexibility index (Phi) is 2.10. The Morgan fingerprint density at radius 1 is 1.27 bits per heavy atom. The molecule has 2 atom stereocenters. The van der Waals surface area contributed by atoms with Crippen molar-refractivity contribution in [3.8, 4) is 0 Å². The Morgan fingerprint density at radius 3 is 2.73 bits per heavy atom. The zero-order valence-electron chi connectivity index (χ0n) is 9.59. The lowest BCUT2D eigenvalue weighted by Gasteiger charge is -2.15. The summed E-state index contributed by atoms with van der Waals surface area (Å²) in [6.07, 6.45) is 4.04. The van der Waals surface area contributed by atoms with Crippen molar-refractivity contribution in [2.24, 2.45) is 5.92 Å². The van der Waals surface area contributed by atoms with Crippen LogP contribution in [-0.4, -0.2) is 7.05 Å². The second kappa shape index (κ2) is 3.34. The van der Waals surface area contributed by atoms with Gasteiger partial charge in [-0.05, 0) is 54.8 Å². The lowest BCUT2D eigenvalue weighted by Crippen LogP contribution is -2.19. The van der Waals surface area contributed by atoms with Gasteiger partial charge in [-0.1, -0.05) is 25.1 Å². The molecule has 0 spiro atoms. The van der Waals surface area contributed by atoms with Crippen molar-refractivity contribution in [3.05, 3.63) is 34.9 Å². The van der Waals surface area contributed by atoms with E-state index in [9.17, 15) is 0 Å². The zero-order chi connectivity index (χ0) is 10.4. The SMILES string of the molecule is CNC1c2cc(C3CC3)ccc2CC1C. The van der Waals surface area contributed by atoms with E-state index in [4.69, 9.17) is 0 Å². The van der Waals surface area contributed by atoms with Crippen molar-refractivity contribution in [1.82, 2.24) is 5.32 Å². The van der Waals surface area contributed by atoms with Crippen LogP contribution in [0, 0.1) is 5.92 Å². The van der Waals surface area contributed by atoms with E-state index in [1.807, 2.05) is 0 Å². The molecule has 15 heavy (non-hydrogen) atoms. The Balaban J connectivity index is 1.99. The van der Waals surface area contributed by atoms with Crippen LogP contribution in [0.25, 0.3) is 0 Å². The van der Waals surface area contributed by atoms with Gasteiger partial charge in [0.15, 0.2) is 0 Å². The summed E-state index contributed by atoms with van der Waals surface area (Å²) < 4.78 is 0. The number of hydrogen-bond acceptors (Lipinski definition) is 1. The lowest BCUT2D eigenvalue weighted by atomic mass is 10.0. The number of nitrogens with one attached hydrogen (secondary N) is 1. The summed E-state index contributed by atoms with van der Waals surface area (Å²) >= 11 is 0. The molecule has 2 aliphatic rings. The van der Waals surface area contributed by atoms with Crippen LogP contribution in [0.5, 0.6) is 0 Å². The first-order valence-corrected chi connectivity index (χ1v) is 6.09. The summed E-state index contributed by atoms with van der Waals surface area (Å²) in [5, 5.41) is 3.46. The van der Waals surface area contributed by atoms with Crippen LogP contribution < -0.4 is 5.32 Å². The first-order valence-electron chi connectivity index (χ1n) is 6.09. The molecule has 0 saturated heterocycles. The standard InChI is InChI=1S/C14H19N/c1-9-7-12-6-5-11(10-3-4-10)8-13(12)14(9)15-2/h5-6,8-10,14-15H,3-4,7H2,1-2H3. The Hall–Kier alpha value is -0.820. The summed E-state index contributed by atoms with van der Waals surface area (Å²) in [5.74, 6) is 1.63. The van der Waals surface area contributed by atoms with Gasteiger partial charge < -0.3 is 5.32 Å². The van der Waals surface area contributed by atoms with E-state index in [2.05, 4.69) is 37.5 Å². The monoisotopic (exact) mass is 201 g/mol. The molecule has 1 aromatic rings. The average molecular weight is 201 g/mol. The van der Waals surface area contributed by atoms with Gasteiger partial charge >= 0.3 is 0 Å². The minimum atomic E-state index is 0.582. The highest BCUT2D eigenvalue weighted by Gasteiger charge is 2.30. The molecule has 1 heteroatoms. The predicted molar refractivity (Wildman–Crippen MR) is 63.1 cm³/mol. The van der Waals surface area contributed by atoms with Gasteiger partial charge in [-0.3, -0.25) is 0 Å². The number of benzene rings is 1. The van der Waals surface area contributed by atoms with Gasteiger partial charge in [-0.25, -0.2) is 0 Å². The Bertz CT molecular complexity index is 379. The molecule has 0 heterocycles.